The molecule has 2 rings (SSSR count). The molecule has 108 valence electrons. The summed E-state index contributed by atoms with van der Waals surface area (Å²) in [4.78, 5) is 0. The van der Waals surface area contributed by atoms with Crippen molar-refractivity contribution in [3.63, 3.8) is 0 Å². The fraction of sp³-hybridized carbons (Fsp3) is 0.400. The van der Waals surface area contributed by atoms with Crippen LogP contribution in [0.2, 0.25) is 0 Å². The van der Waals surface area contributed by atoms with Crippen molar-refractivity contribution in [1.29, 1.82) is 0 Å². The Kier molecular flexibility index (Phi) is 4.29. The first-order chi connectivity index (χ1) is 9.52. The quantitative estimate of drug-likeness (QED) is 0.911. The fourth-order valence-corrected chi connectivity index (χ4v) is 2.07. The highest BCUT2D eigenvalue weighted by Crippen LogP contribution is 2.33. The molecule has 0 unspecified atom stereocenters. The van der Waals surface area contributed by atoms with Gasteiger partial charge in [0.2, 0.25) is 5.88 Å². The Morgan fingerprint density at radius 1 is 1.35 bits per heavy atom. The molecule has 5 nitrogen and oxygen atoms in total. The molecule has 0 aliphatic heterocycles. The molecule has 0 saturated heterocycles. The predicted octanol–water partition coefficient (Wildman–Crippen LogP) is 3.06. The van der Waals surface area contributed by atoms with Gasteiger partial charge in [-0.15, -0.1) is 0 Å². The van der Waals surface area contributed by atoms with E-state index >= 15 is 0 Å². The molecule has 0 spiro atoms. The van der Waals surface area contributed by atoms with Crippen LogP contribution in [0.4, 0.5) is 5.69 Å². The molecule has 0 aliphatic rings. The normalized spacial score (nSPS) is 11.1. The number of anilines is 1. The lowest BCUT2D eigenvalue weighted by Gasteiger charge is -2.08. The Labute approximate surface area is 119 Å². The molecule has 1 aromatic carbocycles. The molecule has 1 heterocycles. The molecule has 0 fully saturated rings. The van der Waals surface area contributed by atoms with Crippen LogP contribution in [0.25, 0.3) is 0 Å². The van der Waals surface area contributed by atoms with Crippen LogP contribution < -0.4 is 10.5 Å². The third-order valence-electron chi connectivity index (χ3n) is 3.03. The summed E-state index contributed by atoms with van der Waals surface area (Å²) in [6.45, 7) is 4.67. The van der Waals surface area contributed by atoms with Crippen LogP contribution in [0.5, 0.6) is 11.6 Å². The van der Waals surface area contributed by atoms with Gasteiger partial charge in [0.15, 0.2) is 0 Å². The number of benzene rings is 1. The summed E-state index contributed by atoms with van der Waals surface area (Å²) in [7, 11) is 3.50. The van der Waals surface area contributed by atoms with Crippen LogP contribution in [-0.4, -0.2) is 16.9 Å². The first-order valence-electron chi connectivity index (χ1n) is 6.61. The molecule has 0 bridgehead atoms. The molecule has 0 saturated carbocycles. The van der Waals surface area contributed by atoms with Gasteiger partial charge in [0.25, 0.3) is 0 Å². The maximum Gasteiger partial charge on any atom is 0.241 e. The van der Waals surface area contributed by atoms with E-state index in [0.29, 0.717) is 18.2 Å². The van der Waals surface area contributed by atoms with Gasteiger partial charge < -0.3 is 15.2 Å². The number of nitrogens with zero attached hydrogens (tertiary/aromatic N) is 2. The topological polar surface area (TPSA) is 62.3 Å². The molecule has 5 heteroatoms. The number of nitrogen functional groups attached to an aromatic ring is 1. The van der Waals surface area contributed by atoms with E-state index in [-0.39, 0.29) is 5.92 Å². The standard InChI is InChI=1S/C15H21N3O2/c1-10(2)14-13(16)15(18(3)17-14)20-12-7-5-6-11(8-12)9-19-4/h5-8,10H,9,16H2,1-4H3. The van der Waals surface area contributed by atoms with E-state index in [1.165, 1.54) is 0 Å². The van der Waals surface area contributed by atoms with E-state index < -0.39 is 0 Å². The molecule has 1 aromatic heterocycles. The summed E-state index contributed by atoms with van der Waals surface area (Å²) in [6, 6.07) is 7.74. The zero-order valence-corrected chi connectivity index (χ0v) is 12.4. The van der Waals surface area contributed by atoms with Gasteiger partial charge in [-0.1, -0.05) is 26.0 Å². The Balaban J connectivity index is 2.28. The summed E-state index contributed by atoms with van der Waals surface area (Å²) in [5.41, 5.74) is 8.62. The van der Waals surface area contributed by atoms with Gasteiger partial charge >= 0.3 is 0 Å². The number of ether oxygens (including phenoxy) is 2. The minimum absolute atomic E-state index is 0.262. The summed E-state index contributed by atoms with van der Waals surface area (Å²) in [5, 5.41) is 4.41. The van der Waals surface area contributed by atoms with Crippen molar-refractivity contribution in [2.45, 2.75) is 26.4 Å². The van der Waals surface area contributed by atoms with Crippen molar-refractivity contribution >= 4 is 5.69 Å². The summed E-state index contributed by atoms with van der Waals surface area (Å²) >= 11 is 0. The largest absolute Gasteiger partial charge is 0.437 e. The molecule has 0 radical (unpaired) electrons. The second-order valence-electron chi connectivity index (χ2n) is 5.06. The van der Waals surface area contributed by atoms with Crippen molar-refractivity contribution in [2.24, 2.45) is 7.05 Å². The van der Waals surface area contributed by atoms with Crippen molar-refractivity contribution < 1.29 is 9.47 Å². The summed E-state index contributed by atoms with van der Waals surface area (Å²) in [6.07, 6.45) is 0. The molecule has 0 atom stereocenters. The van der Waals surface area contributed by atoms with Gasteiger partial charge in [-0.25, -0.2) is 4.68 Å². The Bertz CT molecular complexity index is 591. The van der Waals surface area contributed by atoms with Gasteiger partial charge in [0.1, 0.15) is 11.4 Å². The highest BCUT2D eigenvalue weighted by Gasteiger charge is 2.17. The monoisotopic (exact) mass is 275 g/mol. The van der Waals surface area contributed by atoms with Gasteiger partial charge in [0, 0.05) is 14.2 Å². The van der Waals surface area contributed by atoms with Crippen LogP contribution in [0.15, 0.2) is 24.3 Å². The predicted molar refractivity (Wildman–Crippen MR) is 78.9 cm³/mol. The molecular weight excluding hydrogens is 254 g/mol. The number of rotatable bonds is 5. The maximum atomic E-state index is 6.12. The average Bonchev–Trinajstić information content (AvgIpc) is 2.68. The highest BCUT2D eigenvalue weighted by atomic mass is 16.5. The summed E-state index contributed by atoms with van der Waals surface area (Å²) in [5.74, 6) is 1.56. The third kappa shape index (κ3) is 2.93. The number of hydrogen-bond donors (Lipinski definition) is 1. The molecule has 20 heavy (non-hydrogen) atoms. The van der Waals surface area contributed by atoms with Crippen molar-refractivity contribution in [3.05, 3.63) is 35.5 Å². The molecule has 0 aliphatic carbocycles. The Morgan fingerprint density at radius 3 is 2.70 bits per heavy atom. The lowest BCUT2D eigenvalue weighted by Crippen LogP contribution is -1.97. The number of hydrogen-bond acceptors (Lipinski definition) is 4. The van der Waals surface area contributed by atoms with E-state index in [9.17, 15) is 0 Å². The smallest absolute Gasteiger partial charge is 0.241 e. The van der Waals surface area contributed by atoms with Gasteiger partial charge in [0.05, 0.1) is 12.3 Å². The van der Waals surface area contributed by atoms with E-state index in [4.69, 9.17) is 15.2 Å². The first-order valence-corrected chi connectivity index (χ1v) is 6.61. The van der Waals surface area contributed by atoms with Gasteiger partial charge in [-0.05, 0) is 23.6 Å². The minimum atomic E-state index is 0.262. The van der Waals surface area contributed by atoms with Gasteiger partial charge in [-0.3, -0.25) is 0 Å². The van der Waals surface area contributed by atoms with Crippen LogP contribution in [0.1, 0.15) is 31.0 Å². The number of nitrogens with two attached hydrogens (primary N) is 1. The summed E-state index contributed by atoms with van der Waals surface area (Å²) < 4.78 is 12.7. The zero-order valence-electron chi connectivity index (χ0n) is 12.4. The molecular formula is C15H21N3O2. The molecule has 2 aromatic rings. The average molecular weight is 275 g/mol. The number of aromatic nitrogens is 2. The van der Waals surface area contributed by atoms with Crippen LogP contribution in [-0.2, 0) is 18.4 Å². The van der Waals surface area contributed by atoms with Crippen molar-refractivity contribution in [2.75, 3.05) is 12.8 Å². The Morgan fingerprint density at radius 2 is 2.10 bits per heavy atom. The van der Waals surface area contributed by atoms with Crippen molar-refractivity contribution in [1.82, 2.24) is 9.78 Å². The maximum absolute atomic E-state index is 6.12. The number of methoxy groups -OCH3 is 1. The first kappa shape index (κ1) is 14.4. The lowest BCUT2D eigenvalue weighted by atomic mass is 10.1. The lowest BCUT2D eigenvalue weighted by molar-refractivity contribution is 0.184. The molecule has 0 amide bonds. The van der Waals surface area contributed by atoms with E-state index in [1.54, 1.807) is 11.8 Å². The second-order valence-corrected chi connectivity index (χ2v) is 5.06. The number of aryl methyl sites for hydroxylation is 1. The van der Waals surface area contributed by atoms with Crippen LogP contribution >= 0.6 is 0 Å². The fourth-order valence-electron chi connectivity index (χ4n) is 2.07. The zero-order chi connectivity index (χ0) is 14.7. The van der Waals surface area contributed by atoms with E-state index in [2.05, 4.69) is 18.9 Å². The third-order valence-corrected chi connectivity index (χ3v) is 3.03. The Hall–Kier alpha value is -2.01. The molecule has 2 N–H and O–H groups in total. The SMILES string of the molecule is COCc1cccc(Oc2c(N)c(C(C)C)nn2C)c1. The highest BCUT2D eigenvalue weighted by molar-refractivity contribution is 5.55. The van der Waals surface area contributed by atoms with E-state index in [0.717, 1.165) is 17.0 Å². The van der Waals surface area contributed by atoms with Crippen molar-refractivity contribution in [3.8, 4) is 11.6 Å². The van der Waals surface area contributed by atoms with E-state index in [1.807, 2.05) is 31.3 Å². The second kappa shape index (κ2) is 5.96. The van der Waals surface area contributed by atoms with Crippen LogP contribution in [0.3, 0.4) is 0 Å². The van der Waals surface area contributed by atoms with Crippen LogP contribution in [0, 0.1) is 0 Å². The minimum Gasteiger partial charge on any atom is -0.437 e. The van der Waals surface area contributed by atoms with Gasteiger partial charge in [-0.2, -0.15) is 5.10 Å².